The van der Waals surface area contributed by atoms with Crippen molar-refractivity contribution in [3.8, 4) is 5.75 Å². The molecule has 0 bridgehead atoms. The SMILES string of the molecule is O=C(Cc1cccc(Cl)c1)NCCOc1ccc(S(=O)(=O)N2CCCC2)cc1. The van der Waals surface area contributed by atoms with Crippen LogP contribution in [0.2, 0.25) is 5.02 Å². The number of hydrogen-bond donors (Lipinski definition) is 1. The van der Waals surface area contributed by atoms with E-state index < -0.39 is 10.0 Å². The summed E-state index contributed by atoms with van der Waals surface area (Å²) in [6, 6.07) is 13.6. The molecule has 8 heteroatoms. The van der Waals surface area contributed by atoms with Gasteiger partial charge in [-0.3, -0.25) is 4.79 Å². The Bertz CT molecular complexity index is 910. The average Bonchev–Trinajstić information content (AvgIpc) is 3.21. The maximum absolute atomic E-state index is 12.5. The van der Waals surface area contributed by atoms with Gasteiger partial charge in [-0.2, -0.15) is 4.31 Å². The molecule has 150 valence electrons. The molecule has 0 saturated carbocycles. The normalized spacial score (nSPS) is 14.8. The van der Waals surface area contributed by atoms with Gasteiger partial charge in [-0.1, -0.05) is 23.7 Å². The van der Waals surface area contributed by atoms with Crippen molar-refractivity contribution in [2.75, 3.05) is 26.2 Å². The fourth-order valence-corrected chi connectivity index (χ4v) is 4.77. The minimum absolute atomic E-state index is 0.113. The van der Waals surface area contributed by atoms with Gasteiger partial charge in [-0.15, -0.1) is 0 Å². The Balaban J connectivity index is 1.43. The average molecular weight is 423 g/mol. The van der Waals surface area contributed by atoms with Crippen LogP contribution >= 0.6 is 11.6 Å². The molecule has 1 fully saturated rings. The Hall–Kier alpha value is -2.09. The molecule has 0 spiro atoms. The van der Waals surface area contributed by atoms with E-state index in [1.54, 1.807) is 36.4 Å². The zero-order valence-corrected chi connectivity index (χ0v) is 17.0. The quantitative estimate of drug-likeness (QED) is 0.664. The van der Waals surface area contributed by atoms with Crippen molar-refractivity contribution in [3.05, 3.63) is 59.1 Å². The Morgan fingerprint density at radius 3 is 2.50 bits per heavy atom. The smallest absolute Gasteiger partial charge is 0.243 e. The summed E-state index contributed by atoms with van der Waals surface area (Å²) in [7, 11) is -3.41. The first-order valence-corrected chi connectivity index (χ1v) is 11.0. The highest BCUT2D eigenvalue weighted by Gasteiger charge is 2.26. The monoisotopic (exact) mass is 422 g/mol. The Morgan fingerprint density at radius 1 is 1.11 bits per heavy atom. The van der Waals surface area contributed by atoms with Crippen LogP contribution in [0.4, 0.5) is 0 Å². The van der Waals surface area contributed by atoms with Crippen molar-refractivity contribution in [2.24, 2.45) is 0 Å². The maximum atomic E-state index is 12.5. The van der Waals surface area contributed by atoms with Crippen LogP contribution in [0.25, 0.3) is 0 Å². The standard InChI is InChI=1S/C20H23ClN2O4S/c21-17-5-3-4-16(14-17)15-20(24)22-10-13-27-18-6-8-19(9-7-18)28(25,26)23-11-1-2-12-23/h3-9,14H,1-2,10-13,15H2,(H,22,24). The van der Waals surface area contributed by atoms with Gasteiger partial charge in [0, 0.05) is 18.1 Å². The summed E-state index contributed by atoms with van der Waals surface area (Å²) in [6.45, 7) is 1.80. The predicted octanol–water partition coefficient (Wildman–Crippen LogP) is 2.86. The molecule has 28 heavy (non-hydrogen) atoms. The van der Waals surface area contributed by atoms with Gasteiger partial charge >= 0.3 is 0 Å². The third kappa shape index (κ3) is 5.47. The molecule has 1 saturated heterocycles. The zero-order chi connectivity index (χ0) is 20.0. The highest BCUT2D eigenvalue weighted by Crippen LogP contribution is 2.22. The molecule has 6 nitrogen and oxygen atoms in total. The largest absolute Gasteiger partial charge is 0.492 e. The molecular formula is C20H23ClN2O4S. The summed E-state index contributed by atoms with van der Waals surface area (Å²) in [5.74, 6) is 0.447. The molecule has 0 radical (unpaired) electrons. The van der Waals surface area contributed by atoms with Gasteiger partial charge in [-0.05, 0) is 54.8 Å². The lowest BCUT2D eigenvalue weighted by molar-refractivity contribution is -0.120. The van der Waals surface area contributed by atoms with E-state index in [0.717, 1.165) is 18.4 Å². The van der Waals surface area contributed by atoms with E-state index in [1.807, 2.05) is 12.1 Å². The molecule has 2 aromatic carbocycles. The fraction of sp³-hybridized carbons (Fsp3) is 0.350. The van der Waals surface area contributed by atoms with E-state index >= 15 is 0 Å². The first-order chi connectivity index (χ1) is 13.4. The number of halogens is 1. The van der Waals surface area contributed by atoms with Gasteiger partial charge in [0.1, 0.15) is 12.4 Å². The first-order valence-electron chi connectivity index (χ1n) is 9.19. The van der Waals surface area contributed by atoms with E-state index in [1.165, 1.54) is 4.31 Å². The molecule has 0 unspecified atom stereocenters. The second kappa shape index (κ2) is 9.41. The van der Waals surface area contributed by atoms with Crippen molar-refractivity contribution in [1.29, 1.82) is 0 Å². The summed E-state index contributed by atoms with van der Waals surface area (Å²) >= 11 is 5.91. The van der Waals surface area contributed by atoms with E-state index in [-0.39, 0.29) is 17.2 Å². The van der Waals surface area contributed by atoms with E-state index in [4.69, 9.17) is 16.3 Å². The van der Waals surface area contributed by atoms with Crippen LogP contribution in [0.1, 0.15) is 18.4 Å². The summed E-state index contributed by atoms with van der Waals surface area (Å²) in [5, 5.41) is 3.38. The minimum Gasteiger partial charge on any atom is -0.492 e. The van der Waals surface area contributed by atoms with E-state index in [0.29, 0.717) is 37.0 Å². The second-order valence-corrected chi connectivity index (χ2v) is 8.96. The van der Waals surface area contributed by atoms with Crippen LogP contribution in [-0.4, -0.2) is 44.9 Å². The third-order valence-corrected chi connectivity index (χ3v) is 6.62. The number of carbonyl (C=O) groups is 1. The Morgan fingerprint density at radius 2 is 1.82 bits per heavy atom. The molecule has 1 N–H and O–H groups in total. The zero-order valence-electron chi connectivity index (χ0n) is 15.4. The molecule has 0 aliphatic carbocycles. The number of carbonyl (C=O) groups excluding carboxylic acids is 1. The van der Waals surface area contributed by atoms with Gasteiger partial charge in [0.2, 0.25) is 15.9 Å². The molecule has 1 heterocycles. The van der Waals surface area contributed by atoms with Crippen LogP contribution in [-0.2, 0) is 21.2 Å². The number of hydrogen-bond acceptors (Lipinski definition) is 4. The molecular weight excluding hydrogens is 400 g/mol. The van der Waals surface area contributed by atoms with Crippen LogP contribution in [0.3, 0.4) is 0 Å². The number of benzene rings is 2. The number of rotatable bonds is 8. The lowest BCUT2D eigenvalue weighted by atomic mass is 10.1. The second-order valence-electron chi connectivity index (χ2n) is 6.59. The van der Waals surface area contributed by atoms with Gasteiger partial charge in [-0.25, -0.2) is 8.42 Å². The number of sulfonamides is 1. The summed E-state index contributed by atoms with van der Waals surface area (Å²) < 4.78 is 32.0. The van der Waals surface area contributed by atoms with E-state index in [9.17, 15) is 13.2 Å². The number of nitrogens with zero attached hydrogens (tertiary/aromatic N) is 1. The highest BCUT2D eigenvalue weighted by molar-refractivity contribution is 7.89. The van der Waals surface area contributed by atoms with Gasteiger partial charge in [0.05, 0.1) is 17.9 Å². The lowest BCUT2D eigenvalue weighted by Crippen LogP contribution is -2.29. The van der Waals surface area contributed by atoms with Gasteiger partial charge in [0.25, 0.3) is 0 Å². The van der Waals surface area contributed by atoms with Crippen molar-refractivity contribution in [2.45, 2.75) is 24.2 Å². The van der Waals surface area contributed by atoms with Crippen molar-refractivity contribution in [3.63, 3.8) is 0 Å². The molecule has 1 amide bonds. The predicted molar refractivity (Wildman–Crippen MR) is 108 cm³/mol. The van der Waals surface area contributed by atoms with Crippen molar-refractivity contribution < 1.29 is 17.9 Å². The number of amides is 1. The fourth-order valence-electron chi connectivity index (χ4n) is 3.04. The minimum atomic E-state index is -3.41. The van der Waals surface area contributed by atoms with Crippen LogP contribution in [0.15, 0.2) is 53.4 Å². The third-order valence-electron chi connectivity index (χ3n) is 4.47. The van der Waals surface area contributed by atoms with E-state index in [2.05, 4.69) is 5.32 Å². The summed E-state index contributed by atoms with van der Waals surface area (Å²) in [5.41, 5.74) is 0.848. The van der Waals surface area contributed by atoms with Gasteiger partial charge < -0.3 is 10.1 Å². The van der Waals surface area contributed by atoms with Crippen molar-refractivity contribution >= 4 is 27.5 Å². The molecule has 0 aromatic heterocycles. The highest BCUT2D eigenvalue weighted by atomic mass is 35.5. The molecule has 1 aliphatic rings. The molecule has 1 aliphatic heterocycles. The first kappa shape index (κ1) is 20.6. The van der Waals surface area contributed by atoms with Crippen LogP contribution in [0.5, 0.6) is 5.75 Å². The van der Waals surface area contributed by atoms with Crippen LogP contribution in [0, 0.1) is 0 Å². The topological polar surface area (TPSA) is 75.7 Å². The van der Waals surface area contributed by atoms with Crippen molar-refractivity contribution in [1.82, 2.24) is 9.62 Å². The summed E-state index contributed by atoms with van der Waals surface area (Å²) in [4.78, 5) is 12.2. The maximum Gasteiger partial charge on any atom is 0.243 e. The molecule has 3 rings (SSSR count). The number of nitrogens with one attached hydrogen (secondary N) is 1. The molecule has 0 atom stereocenters. The molecule has 2 aromatic rings. The van der Waals surface area contributed by atoms with Crippen LogP contribution < -0.4 is 10.1 Å². The Labute approximate surface area is 170 Å². The lowest BCUT2D eigenvalue weighted by Gasteiger charge is -2.15. The summed E-state index contributed by atoms with van der Waals surface area (Å²) in [6.07, 6.45) is 2.07. The number of ether oxygens (including phenoxy) is 1. The van der Waals surface area contributed by atoms with Gasteiger partial charge in [0.15, 0.2) is 0 Å². The Kier molecular flexibility index (Phi) is 6.93.